The Bertz CT molecular complexity index is 828. The molecule has 0 spiro atoms. The van der Waals surface area contributed by atoms with Gasteiger partial charge in [0, 0.05) is 42.3 Å². The maximum absolute atomic E-state index is 12.0. The molecule has 0 bridgehead atoms. The number of non-ortho nitro benzene ring substituents is 1. The normalized spacial score (nSPS) is 13.7. The van der Waals surface area contributed by atoms with Crippen LogP contribution in [0.15, 0.2) is 48.5 Å². The number of carbonyl (C=O) groups is 2. The molecule has 1 aliphatic rings. The smallest absolute Gasteiger partial charge is 0.314 e. The topological polar surface area (TPSA) is 105 Å². The van der Waals surface area contributed by atoms with E-state index in [-0.39, 0.29) is 5.69 Å². The summed E-state index contributed by atoms with van der Waals surface area (Å²) in [7, 11) is 0. The molecule has 1 heterocycles. The number of nitrogens with zero attached hydrogens (tertiary/aromatic N) is 2. The molecule has 0 aliphatic carbocycles. The van der Waals surface area contributed by atoms with Crippen molar-refractivity contribution in [3.8, 4) is 0 Å². The van der Waals surface area contributed by atoms with Gasteiger partial charge in [0.15, 0.2) is 0 Å². The quantitative estimate of drug-likeness (QED) is 0.490. The van der Waals surface area contributed by atoms with Crippen LogP contribution in [-0.2, 0) is 9.59 Å². The molecule has 2 N–H and O–H groups in total. The summed E-state index contributed by atoms with van der Waals surface area (Å²) in [6.45, 7) is 2.06. The minimum atomic E-state index is -0.844. The number of amides is 2. The highest BCUT2D eigenvalue weighted by Gasteiger charge is 2.15. The zero-order chi connectivity index (χ0) is 19.2. The molecule has 1 fully saturated rings. The van der Waals surface area contributed by atoms with Crippen molar-refractivity contribution < 1.29 is 14.5 Å². The number of anilines is 3. The van der Waals surface area contributed by atoms with E-state index in [4.69, 9.17) is 0 Å². The molecule has 1 aliphatic heterocycles. The van der Waals surface area contributed by atoms with Crippen LogP contribution in [0.4, 0.5) is 22.7 Å². The molecule has 0 saturated carbocycles. The summed E-state index contributed by atoms with van der Waals surface area (Å²) in [5.74, 6) is -1.65. The average Bonchev–Trinajstić information content (AvgIpc) is 2.69. The van der Waals surface area contributed by atoms with E-state index in [9.17, 15) is 19.7 Å². The van der Waals surface area contributed by atoms with E-state index < -0.39 is 16.7 Å². The van der Waals surface area contributed by atoms with Crippen molar-refractivity contribution in [1.82, 2.24) is 0 Å². The standard InChI is InChI=1S/C19H20N4O4/c24-18(19(25)21-15-6-10-17(11-7-15)23(26)27)20-14-4-8-16(9-5-14)22-12-2-1-3-13-22/h4-11H,1-3,12-13H2,(H,20,24)(H,21,25). The lowest BCUT2D eigenvalue weighted by atomic mass is 10.1. The molecule has 2 aromatic rings. The Morgan fingerprint density at radius 3 is 1.78 bits per heavy atom. The zero-order valence-corrected chi connectivity index (χ0v) is 14.7. The fraction of sp³-hybridized carbons (Fsp3) is 0.263. The van der Waals surface area contributed by atoms with Gasteiger partial charge in [0.05, 0.1) is 4.92 Å². The van der Waals surface area contributed by atoms with Crippen LogP contribution in [0.1, 0.15) is 19.3 Å². The number of hydrogen-bond donors (Lipinski definition) is 2. The second kappa shape index (κ2) is 8.31. The highest BCUT2D eigenvalue weighted by molar-refractivity contribution is 6.43. The lowest BCUT2D eigenvalue weighted by molar-refractivity contribution is -0.384. The van der Waals surface area contributed by atoms with Crippen molar-refractivity contribution in [2.24, 2.45) is 0 Å². The van der Waals surface area contributed by atoms with Gasteiger partial charge < -0.3 is 15.5 Å². The number of carbonyl (C=O) groups excluding carboxylic acids is 2. The number of piperidine rings is 1. The molecule has 0 atom stereocenters. The summed E-state index contributed by atoms with van der Waals surface area (Å²) in [6.07, 6.45) is 3.62. The molecule has 0 aromatic heterocycles. The second-order valence-electron chi connectivity index (χ2n) is 6.31. The molecule has 2 aromatic carbocycles. The van der Waals surface area contributed by atoms with Crippen LogP contribution in [0, 0.1) is 10.1 Å². The van der Waals surface area contributed by atoms with E-state index >= 15 is 0 Å². The first-order chi connectivity index (χ1) is 13.0. The van der Waals surface area contributed by atoms with E-state index in [0.29, 0.717) is 11.4 Å². The highest BCUT2D eigenvalue weighted by Crippen LogP contribution is 2.22. The number of benzene rings is 2. The van der Waals surface area contributed by atoms with Crippen LogP contribution in [-0.4, -0.2) is 29.8 Å². The summed E-state index contributed by atoms with van der Waals surface area (Å²) >= 11 is 0. The molecule has 140 valence electrons. The molecule has 8 heteroatoms. The van der Waals surface area contributed by atoms with Crippen LogP contribution in [0.2, 0.25) is 0 Å². The van der Waals surface area contributed by atoms with Crippen molar-refractivity contribution in [3.63, 3.8) is 0 Å². The van der Waals surface area contributed by atoms with Gasteiger partial charge in [-0.3, -0.25) is 19.7 Å². The summed E-state index contributed by atoms with van der Waals surface area (Å²) in [4.78, 5) is 36.4. The first kappa shape index (κ1) is 18.4. The maximum atomic E-state index is 12.0. The van der Waals surface area contributed by atoms with Crippen LogP contribution in [0.25, 0.3) is 0 Å². The van der Waals surface area contributed by atoms with Gasteiger partial charge in [-0.1, -0.05) is 0 Å². The predicted molar refractivity (Wildman–Crippen MR) is 103 cm³/mol. The summed E-state index contributed by atoms with van der Waals surface area (Å²) < 4.78 is 0. The molecule has 1 saturated heterocycles. The van der Waals surface area contributed by atoms with E-state index in [2.05, 4.69) is 15.5 Å². The lowest BCUT2D eigenvalue weighted by Gasteiger charge is -2.28. The van der Waals surface area contributed by atoms with Crippen LogP contribution >= 0.6 is 0 Å². The third-order valence-electron chi connectivity index (χ3n) is 4.39. The maximum Gasteiger partial charge on any atom is 0.314 e. The summed E-state index contributed by atoms with van der Waals surface area (Å²) in [5.41, 5.74) is 1.84. The zero-order valence-electron chi connectivity index (χ0n) is 14.7. The molecule has 0 radical (unpaired) electrons. The minimum absolute atomic E-state index is 0.0914. The minimum Gasteiger partial charge on any atom is -0.372 e. The fourth-order valence-electron chi connectivity index (χ4n) is 2.95. The second-order valence-corrected chi connectivity index (χ2v) is 6.31. The first-order valence-corrected chi connectivity index (χ1v) is 8.75. The molecule has 3 rings (SSSR count). The lowest BCUT2D eigenvalue weighted by Crippen LogP contribution is -2.30. The molecule has 8 nitrogen and oxygen atoms in total. The Morgan fingerprint density at radius 2 is 1.30 bits per heavy atom. The number of rotatable bonds is 4. The Labute approximate surface area is 156 Å². The van der Waals surface area contributed by atoms with Crippen LogP contribution in [0.3, 0.4) is 0 Å². The van der Waals surface area contributed by atoms with Crippen molar-refractivity contribution >= 4 is 34.6 Å². The molecule has 27 heavy (non-hydrogen) atoms. The van der Waals surface area contributed by atoms with Crippen molar-refractivity contribution in [2.45, 2.75) is 19.3 Å². The van der Waals surface area contributed by atoms with E-state index in [0.717, 1.165) is 18.8 Å². The van der Waals surface area contributed by atoms with Gasteiger partial charge in [-0.15, -0.1) is 0 Å². The predicted octanol–water partition coefficient (Wildman–Crippen LogP) is 3.16. The van der Waals surface area contributed by atoms with Gasteiger partial charge in [0.2, 0.25) is 0 Å². The van der Waals surface area contributed by atoms with Crippen LogP contribution < -0.4 is 15.5 Å². The largest absolute Gasteiger partial charge is 0.372 e. The molecular weight excluding hydrogens is 348 g/mol. The first-order valence-electron chi connectivity index (χ1n) is 8.75. The number of nitro groups is 1. The fourth-order valence-corrected chi connectivity index (χ4v) is 2.95. The Morgan fingerprint density at radius 1 is 0.815 bits per heavy atom. The summed E-state index contributed by atoms with van der Waals surface area (Å²) in [5, 5.41) is 15.6. The van der Waals surface area contributed by atoms with E-state index in [1.165, 1.54) is 43.5 Å². The van der Waals surface area contributed by atoms with Crippen molar-refractivity contribution in [3.05, 3.63) is 58.6 Å². The SMILES string of the molecule is O=C(Nc1ccc(N2CCCCC2)cc1)C(=O)Nc1ccc([N+](=O)[O-])cc1. The molecule has 2 amide bonds. The van der Waals surface area contributed by atoms with Gasteiger partial charge in [-0.25, -0.2) is 0 Å². The Hall–Kier alpha value is -3.42. The van der Waals surface area contributed by atoms with Gasteiger partial charge in [0.1, 0.15) is 0 Å². The molecule has 0 unspecified atom stereocenters. The summed E-state index contributed by atoms with van der Waals surface area (Å²) in [6, 6.07) is 12.6. The monoisotopic (exact) mass is 368 g/mol. The number of hydrogen-bond acceptors (Lipinski definition) is 5. The van der Waals surface area contributed by atoms with Gasteiger partial charge in [-0.2, -0.15) is 0 Å². The van der Waals surface area contributed by atoms with Gasteiger partial charge in [0.25, 0.3) is 5.69 Å². The van der Waals surface area contributed by atoms with Gasteiger partial charge >= 0.3 is 11.8 Å². The van der Waals surface area contributed by atoms with Crippen molar-refractivity contribution in [1.29, 1.82) is 0 Å². The van der Waals surface area contributed by atoms with Crippen molar-refractivity contribution in [2.75, 3.05) is 28.6 Å². The third kappa shape index (κ3) is 4.81. The number of nitro benzene ring substituents is 1. The van der Waals surface area contributed by atoms with E-state index in [1.54, 1.807) is 12.1 Å². The highest BCUT2D eigenvalue weighted by atomic mass is 16.6. The molecular formula is C19H20N4O4. The third-order valence-corrected chi connectivity index (χ3v) is 4.39. The number of nitrogens with one attached hydrogen (secondary N) is 2. The van der Waals surface area contributed by atoms with Gasteiger partial charge in [-0.05, 0) is 55.7 Å². The average molecular weight is 368 g/mol. The Kier molecular flexibility index (Phi) is 5.65. The Balaban J connectivity index is 1.56. The van der Waals surface area contributed by atoms with E-state index in [1.807, 2.05) is 12.1 Å². The van der Waals surface area contributed by atoms with Crippen LogP contribution in [0.5, 0.6) is 0 Å².